The Morgan fingerprint density at radius 1 is 1.17 bits per heavy atom. The standard InChI is InChI=1S/C27H30N4O5/c1-3-19-16(2)30-23(24-11-25(36-31-24)26-15-34-18(13-32)14-35-26)10-21(19)27(33)29-12-17-8-9-28-22-7-5-4-6-20(17)22/h4-10,18,25-26,32H,3,11-15H2,1-2H3,(H,29,33). The molecule has 9 nitrogen and oxygen atoms in total. The van der Waals surface area contributed by atoms with Crippen LogP contribution in [0.4, 0.5) is 0 Å². The summed E-state index contributed by atoms with van der Waals surface area (Å²) in [4.78, 5) is 28.1. The number of carbonyl (C=O) groups is 1. The lowest BCUT2D eigenvalue weighted by molar-refractivity contribution is -0.178. The van der Waals surface area contributed by atoms with Crippen molar-refractivity contribution in [2.45, 2.75) is 51.5 Å². The number of hydrogen-bond donors (Lipinski definition) is 2. The number of benzene rings is 1. The van der Waals surface area contributed by atoms with E-state index in [0.717, 1.165) is 27.7 Å². The van der Waals surface area contributed by atoms with Crippen molar-refractivity contribution < 1.29 is 24.2 Å². The second kappa shape index (κ2) is 10.7. The highest BCUT2D eigenvalue weighted by molar-refractivity contribution is 6.03. The SMILES string of the molecule is CCc1c(C(=O)NCc2ccnc3ccccc23)cc(C2=NOC(C3COC(CO)CO3)C2)nc1C. The highest BCUT2D eigenvalue weighted by Crippen LogP contribution is 2.25. The van der Waals surface area contributed by atoms with E-state index in [-0.39, 0.29) is 30.8 Å². The summed E-state index contributed by atoms with van der Waals surface area (Å²) in [6.07, 6.45) is 2.06. The average molecular weight is 491 g/mol. The Kier molecular flexibility index (Phi) is 7.22. The van der Waals surface area contributed by atoms with Crippen LogP contribution in [0.5, 0.6) is 0 Å². The smallest absolute Gasteiger partial charge is 0.251 e. The molecule has 1 amide bonds. The molecule has 36 heavy (non-hydrogen) atoms. The maximum Gasteiger partial charge on any atom is 0.251 e. The molecule has 0 spiro atoms. The van der Waals surface area contributed by atoms with Gasteiger partial charge in [0.15, 0.2) is 6.10 Å². The van der Waals surface area contributed by atoms with Gasteiger partial charge in [-0.3, -0.25) is 14.8 Å². The average Bonchev–Trinajstić information content (AvgIpc) is 3.42. The molecule has 1 fully saturated rings. The van der Waals surface area contributed by atoms with Crippen molar-refractivity contribution >= 4 is 22.5 Å². The van der Waals surface area contributed by atoms with Crippen LogP contribution in [-0.2, 0) is 27.3 Å². The Morgan fingerprint density at radius 3 is 2.81 bits per heavy atom. The van der Waals surface area contributed by atoms with Crippen molar-refractivity contribution in [3.05, 3.63) is 70.7 Å². The molecular formula is C27H30N4O5. The van der Waals surface area contributed by atoms with Gasteiger partial charge in [0.2, 0.25) is 0 Å². The van der Waals surface area contributed by atoms with E-state index < -0.39 is 0 Å². The summed E-state index contributed by atoms with van der Waals surface area (Å²) >= 11 is 0. The molecule has 4 heterocycles. The second-order valence-corrected chi connectivity index (χ2v) is 9.04. The highest BCUT2D eigenvalue weighted by Gasteiger charge is 2.35. The zero-order valence-electron chi connectivity index (χ0n) is 20.4. The number of oxime groups is 1. The van der Waals surface area contributed by atoms with Gasteiger partial charge >= 0.3 is 0 Å². The Hall–Kier alpha value is -3.40. The number of rotatable bonds is 7. The minimum atomic E-state index is -0.305. The van der Waals surface area contributed by atoms with Crippen molar-refractivity contribution in [3.63, 3.8) is 0 Å². The van der Waals surface area contributed by atoms with E-state index in [9.17, 15) is 9.90 Å². The number of para-hydroxylation sites is 1. The van der Waals surface area contributed by atoms with Crippen molar-refractivity contribution in [1.29, 1.82) is 0 Å². The number of aromatic nitrogens is 2. The van der Waals surface area contributed by atoms with Crippen LogP contribution >= 0.6 is 0 Å². The lowest BCUT2D eigenvalue weighted by Gasteiger charge is -2.30. The van der Waals surface area contributed by atoms with E-state index >= 15 is 0 Å². The van der Waals surface area contributed by atoms with Gasteiger partial charge in [0.1, 0.15) is 17.9 Å². The van der Waals surface area contributed by atoms with Gasteiger partial charge in [-0.15, -0.1) is 0 Å². The van der Waals surface area contributed by atoms with Crippen LogP contribution in [0.1, 0.15) is 46.2 Å². The first-order valence-corrected chi connectivity index (χ1v) is 12.3. The number of aliphatic hydroxyl groups excluding tert-OH is 1. The lowest BCUT2D eigenvalue weighted by atomic mass is 9.98. The summed E-state index contributed by atoms with van der Waals surface area (Å²) in [7, 11) is 0. The first-order valence-electron chi connectivity index (χ1n) is 12.3. The minimum Gasteiger partial charge on any atom is -0.394 e. The topological polar surface area (TPSA) is 115 Å². The molecule has 0 radical (unpaired) electrons. The third kappa shape index (κ3) is 4.95. The number of aryl methyl sites for hydroxylation is 1. The molecule has 0 saturated carbocycles. The van der Waals surface area contributed by atoms with E-state index in [2.05, 4.69) is 15.5 Å². The van der Waals surface area contributed by atoms with Crippen LogP contribution in [0.3, 0.4) is 0 Å². The summed E-state index contributed by atoms with van der Waals surface area (Å²) in [5, 5.41) is 17.6. The quantitative estimate of drug-likeness (QED) is 0.523. The largest absolute Gasteiger partial charge is 0.394 e. The molecule has 2 N–H and O–H groups in total. The highest BCUT2D eigenvalue weighted by atomic mass is 16.7. The van der Waals surface area contributed by atoms with Gasteiger partial charge in [-0.25, -0.2) is 0 Å². The fourth-order valence-corrected chi connectivity index (χ4v) is 4.70. The maximum absolute atomic E-state index is 13.3. The molecule has 2 aromatic heterocycles. The summed E-state index contributed by atoms with van der Waals surface area (Å²) in [5.41, 5.74) is 5.49. The number of ether oxygens (including phenoxy) is 2. The van der Waals surface area contributed by atoms with E-state index in [1.54, 1.807) is 12.3 Å². The number of carbonyl (C=O) groups excluding carboxylic acids is 1. The number of nitrogens with one attached hydrogen (secondary N) is 1. The third-order valence-electron chi connectivity index (χ3n) is 6.71. The zero-order valence-corrected chi connectivity index (χ0v) is 20.4. The number of pyridine rings is 2. The van der Waals surface area contributed by atoms with Gasteiger partial charge in [-0.1, -0.05) is 30.3 Å². The van der Waals surface area contributed by atoms with Gasteiger partial charge in [0, 0.05) is 35.8 Å². The molecule has 2 aliphatic rings. The maximum atomic E-state index is 13.3. The summed E-state index contributed by atoms with van der Waals surface area (Å²) < 4.78 is 11.4. The minimum absolute atomic E-state index is 0.0742. The molecule has 1 saturated heterocycles. The predicted molar refractivity (Wildman–Crippen MR) is 134 cm³/mol. The van der Waals surface area contributed by atoms with Crippen LogP contribution in [0.15, 0.2) is 47.8 Å². The van der Waals surface area contributed by atoms with Crippen LogP contribution in [0.2, 0.25) is 0 Å². The predicted octanol–water partition coefficient (Wildman–Crippen LogP) is 2.70. The van der Waals surface area contributed by atoms with Crippen molar-refractivity contribution in [2.75, 3.05) is 19.8 Å². The molecule has 3 atom stereocenters. The van der Waals surface area contributed by atoms with Crippen molar-refractivity contribution in [1.82, 2.24) is 15.3 Å². The van der Waals surface area contributed by atoms with E-state index in [1.807, 2.05) is 44.2 Å². The molecule has 0 bridgehead atoms. The summed E-state index contributed by atoms with van der Waals surface area (Å²) in [6, 6.07) is 11.6. The summed E-state index contributed by atoms with van der Waals surface area (Å²) in [5.74, 6) is -0.158. The fourth-order valence-electron chi connectivity index (χ4n) is 4.70. The Balaban J connectivity index is 1.31. The molecule has 0 aliphatic carbocycles. The monoisotopic (exact) mass is 490 g/mol. The lowest BCUT2D eigenvalue weighted by Crippen LogP contribution is -2.43. The number of amides is 1. The third-order valence-corrected chi connectivity index (χ3v) is 6.71. The molecular weight excluding hydrogens is 460 g/mol. The number of nitrogens with zero attached hydrogens (tertiary/aromatic N) is 3. The van der Waals surface area contributed by atoms with Gasteiger partial charge in [0.05, 0.1) is 31.0 Å². The first-order chi connectivity index (χ1) is 17.6. The van der Waals surface area contributed by atoms with Crippen LogP contribution in [-0.4, -0.2) is 64.8 Å². The van der Waals surface area contributed by atoms with Gasteiger partial charge in [-0.05, 0) is 42.7 Å². The Bertz CT molecular complexity index is 1280. The van der Waals surface area contributed by atoms with Crippen molar-refractivity contribution in [2.24, 2.45) is 5.16 Å². The molecule has 188 valence electrons. The summed E-state index contributed by atoms with van der Waals surface area (Å²) in [6.45, 7) is 4.89. The molecule has 3 aromatic rings. The van der Waals surface area contributed by atoms with Crippen LogP contribution in [0, 0.1) is 6.92 Å². The normalized spacial score (nSPS) is 21.8. The molecule has 9 heteroatoms. The number of aliphatic hydroxyl groups is 1. The fraction of sp³-hybridized carbons (Fsp3) is 0.407. The van der Waals surface area contributed by atoms with Crippen LogP contribution in [0.25, 0.3) is 10.9 Å². The number of hydrogen-bond acceptors (Lipinski definition) is 8. The van der Waals surface area contributed by atoms with Gasteiger partial charge in [0.25, 0.3) is 5.91 Å². The second-order valence-electron chi connectivity index (χ2n) is 9.04. The first kappa shape index (κ1) is 24.3. The molecule has 3 unspecified atom stereocenters. The molecule has 5 rings (SSSR count). The molecule has 1 aromatic carbocycles. The van der Waals surface area contributed by atoms with Crippen LogP contribution < -0.4 is 5.32 Å². The number of fused-ring (bicyclic) bond motifs is 1. The zero-order chi connectivity index (χ0) is 25.1. The van der Waals surface area contributed by atoms with Gasteiger partial charge in [-0.2, -0.15) is 0 Å². The Morgan fingerprint density at radius 2 is 2.03 bits per heavy atom. The van der Waals surface area contributed by atoms with Crippen molar-refractivity contribution in [3.8, 4) is 0 Å². The van der Waals surface area contributed by atoms with E-state index in [0.29, 0.717) is 49.6 Å². The van der Waals surface area contributed by atoms with E-state index in [4.69, 9.17) is 19.3 Å². The molecule has 2 aliphatic heterocycles. The van der Waals surface area contributed by atoms with E-state index in [1.165, 1.54) is 0 Å². The van der Waals surface area contributed by atoms with Gasteiger partial charge < -0.3 is 24.7 Å². The Labute approximate surface area is 209 Å².